The molecular weight excluding hydrogens is 440 g/mol. The molecule has 0 bridgehead atoms. The number of aromatic nitrogens is 1. The minimum Gasteiger partial charge on any atom is -0.456 e. The number of hydrogen-bond acceptors (Lipinski definition) is 8. The number of hydrogen-bond donors (Lipinski definition) is 2. The van der Waals surface area contributed by atoms with E-state index in [1.807, 2.05) is 10.8 Å². The standard InChI is InChI=1S/C20H20N4O7S/c1-23(2)17-8-7-13(9-18(17)24(27)28)32(29,30)22-11-20(26)31-12-19(25)15-10-21-16-6-4-3-5-14(15)16/h3-10,21-22H,11-12H2,1-2H3. The summed E-state index contributed by atoms with van der Waals surface area (Å²) >= 11 is 0. The molecule has 0 aliphatic heterocycles. The number of nitrogens with zero attached hydrogens (tertiary/aromatic N) is 2. The molecule has 3 rings (SSSR count). The van der Waals surface area contributed by atoms with Crippen LogP contribution in [0.2, 0.25) is 0 Å². The van der Waals surface area contributed by atoms with Crippen molar-refractivity contribution in [1.29, 1.82) is 0 Å². The Morgan fingerprint density at radius 1 is 1.19 bits per heavy atom. The molecule has 11 nitrogen and oxygen atoms in total. The number of esters is 1. The average Bonchev–Trinajstić information content (AvgIpc) is 3.20. The van der Waals surface area contributed by atoms with Crippen LogP contribution in [0.3, 0.4) is 0 Å². The van der Waals surface area contributed by atoms with Crippen LogP contribution < -0.4 is 9.62 Å². The van der Waals surface area contributed by atoms with Gasteiger partial charge in [-0.2, -0.15) is 4.72 Å². The summed E-state index contributed by atoms with van der Waals surface area (Å²) in [5.41, 5.74) is 0.931. The predicted molar refractivity (Wildman–Crippen MR) is 116 cm³/mol. The molecule has 0 amide bonds. The molecule has 0 spiro atoms. The number of benzene rings is 2. The van der Waals surface area contributed by atoms with Crippen molar-refractivity contribution >= 4 is 44.1 Å². The van der Waals surface area contributed by atoms with Gasteiger partial charge in [-0.25, -0.2) is 8.42 Å². The number of rotatable bonds is 9. The van der Waals surface area contributed by atoms with Crippen molar-refractivity contribution in [3.8, 4) is 0 Å². The minimum absolute atomic E-state index is 0.226. The fraction of sp³-hybridized carbons (Fsp3) is 0.200. The van der Waals surface area contributed by atoms with Crippen LogP contribution in [-0.4, -0.2) is 57.3 Å². The molecule has 2 N–H and O–H groups in total. The summed E-state index contributed by atoms with van der Waals surface area (Å²) < 4.78 is 31.8. The van der Waals surface area contributed by atoms with E-state index in [0.29, 0.717) is 10.9 Å². The lowest BCUT2D eigenvalue weighted by Crippen LogP contribution is -2.31. The maximum absolute atomic E-state index is 12.4. The van der Waals surface area contributed by atoms with Gasteiger partial charge in [0.15, 0.2) is 6.61 Å². The number of aromatic amines is 1. The molecule has 168 valence electrons. The zero-order valence-electron chi connectivity index (χ0n) is 17.2. The number of Topliss-reactive ketones (excluding diaryl/α,β-unsaturated/α-hetero) is 1. The van der Waals surface area contributed by atoms with Gasteiger partial charge in [-0.3, -0.25) is 19.7 Å². The number of nitrogens with one attached hydrogen (secondary N) is 2. The maximum Gasteiger partial charge on any atom is 0.321 e. The highest BCUT2D eigenvalue weighted by Crippen LogP contribution is 2.29. The molecule has 0 aliphatic carbocycles. The van der Waals surface area contributed by atoms with Crippen LogP contribution in [0.1, 0.15) is 10.4 Å². The van der Waals surface area contributed by atoms with Crippen LogP contribution in [0.15, 0.2) is 53.6 Å². The van der Waals surface area contributed by atoms with Crippen molar-refractivity contribution in [3.05, 3.63) is 64.3 Å². The number of carbonyl (C=O) groups is 2. The Hall–Kier alpha value is -3.77. The van der Waals surface area contributed by atoms with Gasteiger partial charge in [0.25, 0.3) is 5.69 Å². The third-order valence-electron chi connectivity index (χ3n) is 4.60. The van der Waals surface area contributed by atoms with Crippen molar-refractivity contribution in [2.24, 2.45) is 0 Å². The predicted octanol–water partition coefficient (Wildman–Crippen LogP) is 1.85. The molecule has 0 aliphatic rings. The van der Waals surface area contributed by atoms with Crippen LogP contribution in [0.5, 0.6) is 0 Å². The van der Waals surface area contributed by atoms with Gasteiger partial charge >= 0.3 is 5.97 Å². The number of para-hydroxylation sites is 1. The Labute approximate surface area is 183 Å². The van der Waals surface area contributed by atoms with Crippen molar-refractivity contribution in [1.82, 2.24) is 9.71 Å². The van der Waals surface area contributed by atoms with E-state index >= 15 is 0 Å². The number of anilines is 1. The topological polar surface area (TPSA) is 152 Å². The molecule has 0 atom stereocenters. The molecule has 0 saturated heterocycles. The number of nitro groups is 1. The highest BCUT2D eigenvalue weighted by Gasteiger charge is 2.23. The third kappa shape index (κ3) is 4.92. The van der Waals surface area contributed by atoms with Crippen LogP contribution in [0.4, 0.5) is 11.4 Å². The summed E-state index contributed by atoms with van der Waals surface area (Å²) in [5, 5.41) is 11.9. The Balaban J connectivity index is 1.62. The number of nitro benzene ring substituents is 1. The lowest BCUT2D eigenvalue weighted by Gasteiger charge is -2.13. The molecule has 0 fully saturated rings. The zero-order valence-corrected chi connectivity index (χ0v) is 18.0. The summed E-state index contributed by atoms with van der Waals surface area (Å²) in [7, 11) is -1.06. The second kappa shape index (κ2) is 9.16. The first-order valence-electron chi connectivity index (χ1n) is 9.30. The monoisotopic (exact) mass is 460 g/mol. The number of H-pyrrole nitrogens is 1. The van der Waals surface area contributed by atoms with Gasteiger partial charge in [0.05, 0.1) is 9.82 Å². The number of ether oxygens (including phenoxy) is 1. The lowest BCUT2D eigenvalue weighted by atomic mass is 10.1. The van der Waals surface area contributed by atoms with Crippen LogP contribution in [-0.2, 0) is 19.6 Å². The summed E-state index contributed by atoms with van der Waals surface area (Å²) in [4.78, 5) is 38.9. The lowest BCUT2D eigenvalue weighted by molar-refractivity contribution is -0.384. The molecule has 0 saturated carbocycles. The number of sulfonamides is 1. The van der Waals surface area contributed by atoms with E-state index in [-0.39, 0.29) is 10.6 Å². The smallest absolute Gasteiger partial charge is 0.321 e. The Morgan fingerprint density at radius 2 is 1.91 bits per heavy atom. The third-order valence-corrected chi connectivity index (χ3v) is 6.00. The van der Waals surface area contributed by atoms with Gasteiger partial charge in [-0.15, -0.1) is 0 Å². The molecular formula is C20H20N4O7S. The van der Waals surface area contributed by atoms with Crippen LogP contribution in [0, 0.1) is 10.1 Å². The first kappa shape index (κ1) is 22.9. The SMILES string of the molecule is CN(C)c1ccc(S(=O)(=O)NCC(=O)OCC(=O)c2c[nH]c3ccccc23)cc1[N+](=O)[O-]. The average molecular weight is 460 g/mol. The Kier molecular flexibility index (Phi) is 6.55. The van der Waals surface area contributed by atoms with Gasteiger partial charge < -0.3 is 14.6 Å². The largest absolute Gasteiger partial charge is 0.456 e. The summed E-state index contributed by atoms with van der Waals surface area (Å²) in [5.74, 6) is -1.42. The normalized spacial score (nSPS) is 11.3. The van der Waals surface area contributed by atoms with E-state index in [2.05, 4.69) is 4.98 Å². The van der Waals surface area contributed by atoms with Crippen molar-refractivity contribution in [3.63, 3.8) is 0 Å². The van der Waals surface area contributed by atoms with Gasteiger partial charge in [-0.1, -0.05) is 18.2 Å². The summed E-state index contributed by atoms with van der Waals surface area (Å²) in [6.07, 6.45) is 1.51. The Bertz CT molecular complexity index is 1300. The fourth-order valence-electron chi connectivity index (χ4n) is 3.01. The van der Waals surface area contributed by atoms with E-state index in [1.165, 1.54) is 23.2 Å². The maximum atomic E-state index is 12.4. The number of fused-ring (bicyclic) bond motifs is 1. The molecule has 0 radical (unpaired) electrons. The molecule has 12 heteroatoms. The minimum atomic E-state index is -4.23. The van der Waals surface area contributed by atoms with Crippen molar-refractivity contribution in [2.75, 3.05) is 32.1 Å². The second-order valence-corrected chi connectivity index (χ2v) is 8.73. The van der Waals surface area contributed by atoms with E-state index in [4.69, 9.17) is 4.74 Å². The van der Waals surface area contributed by atoms with Crippen LogP contribution in [0.25, 0.3) is 10.9 Å². The number of ketones is 1. The molecule has 0 unspecified atom stereocenters. The number of carbonyl (C=O) groups excluding carboxylic acids is 2. The molecule has 1 aromatic heterocycles. The molecule has 32 heavy (non-hydrogen) atoms. The molecule has 1 heterocycles. The highest BCUT2D eigenvalue weighted by molar-refractivity contribution is 7.89. The second-order valence-electron chi connectivity index (χ2n) is 6.96. The van der Waals surface area contributed by atoms with Gasteiger partial charge in [-0.05, 0) is 18.2 Å². The van der Waals surface area contributed by atoms with Gasteiger partial charge in [0.2, 0.25) is 15.8 Å². The summed E-state index contributed by atoms with van der Waals surface area (Å²) in [6, 6.07) is 10.5. The highest BCUT2D eigenvalue weighted by atomic mass is 32.2. The fourth-order valence-corrected chi connectivity index (χ4v) is 4.00. The van der Waals surface area contributed by atoms with Crippen molar-refractivity contribution in [2.45, 2.75) is 4.90 Å². The zero-order chi connectivity index (χ0) is 23.5. The van der Waals surface area contributed by atoms with E-state index in [9.17, 15) is 28.1 Å². The first-order chi connectivity index (χ1) is 15.1. The molecule has 3 aromatic rings. The molecule has 2 aromatic carbocycles. The summed E-state index contributed by atoms with van der Waals surface area (Å²) in [6.45, 7) is -1.31. The van der Waals surface area contributed by atoms with Gasteiger partial charge in [0, 0.05) is 42.8 Å². The first-order valence-corrected chi connectivity index (χ1v) is 10.8. The van der Waals surface area contributed by atoms with E-state index in [0.717, 1.165) is 11.6 Å². The Morgan fingerprint density at radius 3 is 2.59 bits per heavy atom. The van der Waals surface area contributed by atoms with E-state index < -0.39 is 45.5 Å². The van der Waals surface area contributed by atoms with E-state index in [1.54, 1.807) is 32.3 Å². The quantitative estimate of drug-likeness (QED) is 0.212. The van der Waals surface area contributed by atoms with Crippen LogP contribution >= 0.6 is 0 Å². The van der Waals surface area contributed by atoms with Crippen molar-refractivity contribution < 1.29 is 27.7 Å². The van der Waals surface area contributed by atoms with Gasteiger partial charge in [0.1, 0.15) is 12.2 Å².